The third kappa shape index (κ3) is 7.09. The van der Waals surface area contributed by atoms with E-state index in [1.165, 1.54) is 14.2 Å². The van der Waals surface area contributed by atoms with E-state index >= 15 is 0 Å². The fourth-order valence-electron chi connectivity index (χ4n) is 3.80. The Hall–Kier alpha value is -4.35. The lowest BCUT2D eigenvalue weighted by atomic mass is 9.92. The molecule has 8 heteroatoms. The van der Waals surface area contributed by atoms with Crippen LogP contribution in [0.15, 0.2) is 66.7 Å². The highest BCUT2D eigenvalue weighted by Crippen LogP contribution is 2.28. The summed E-state index contributed by atoms with van der Waals surface area (Å²) in [6, 6.07) is 21.0. The molecule has 0 unspecified atom stereocenters. The molecular weight excluding hydrogens is 468 g/mol. The van der Waals surface area contributed by atoms with Crippen LogP contribution in [-0.2, 0) is 6.54 Å². The van der Waals surface area contributed by atoms with Crippen LogP contribution < -0.4 is 20.5 Å². The number of methoxy groups -OCH3 is 2. The number of carbonyl (C=O) groups excluding carboxylic acids is 2. The number of nitrogens with one attached hydrogen (secondary N) is 1. The number of amides is 2. The van der Waals surface area contributed by atoms with E-state index < -0.39 is 0 Å². The molecule has 0 atom stereocenters. The Balaban J connectivity index is 1.82. The van der Waals surface area contributed by atoms with Crippen molar-refractivity contribution in [2.24, 2.45) is 11.1 Å². The Labute approximate surface area is 217 Å². The van der Waals surface area contributed by atoms with Gasteiger partial charge >= 0.3 is 0 Å². The molecule has 0 radical (unpaired) electrons. The second-order valence-corrected chi connectivity index (χ2v) is 9.44. The monoisotopic (exact) mass is 500 g/mol. The van der Waals surface area contributed by atoms with Crippen molar-refractivity contribution in [3.63, 3.8) is 0 Å². The molecule has 3 N–H and O–H groups in total. The van der Waals surface area contributed by atoms with Gasteiger partial charge in [0.1, 0.15) is 0 Å². The van der Waals surface area contributed by atoms with Crippen molar-refractivity contribution in [3.8, 4) is 17.6 Å². The quantitative estimate of drug-likeness (QED) is 0.425. The van der Waals surface area contributed by atoms with Crippen molar-refractivity contribution in [2.75, 3.05) is 32.6 Å². The van der Waals surface area contributed by atoms with E-state index in [4.69, 9.17) is 20.5 Å². The smallest absolute Gasteiger partial charge is 0.255 e. The molecule has 3 aromatic carbocycles. The minimum Gasteiger partial charge on any atom is -0.493 e. The van der Waals surface area contributed by atoms with Gasteiger partial charge in [0.25, 0.3) is 11.8 Å². The molecule has 0 spiro atoms. The molecule has 0 heterocycles. The van der Waals surface area contributed by atoms with Gasteiger partial charge in [-0.15, -0.1) is 0 Å². The maximum Gasteiger partial charge on any atom is 0.255 e. The van der Waals surface area contributed by atoms with E-state index in [-0.39, 0.29) is 17.2 Å². The fourth-order valence-corrected chi connectivity index (χ4v) is 3.80. The third-order valence-electron chi connectivity index (χ3n) is 5.92. The highest BCUT2D eigenvalue weighted by Gasteiger charge is 2.25. The van der Waals surface area contributed by atoms with E-state index in [9.17, 15) is 9.59 Å². The number of hydrogen-bond acceptors (Lipinski definition) is 6. The number of hydrogen-bond donors (Lipinski definition) is 2. The van der Waals surface area contributed by atoms with Gasteiger partial charge in [-0.3, -0.25) is 9.59 Å². The number of ether oxygens (including phenoxy) is 2. The molecule has 3 rings (SSSR count). The first-order valence-electron chi connectivity index (χ1n) is 11.8. The maximum atomic E-state index is 13.4. The van der Waals surface area contributed by atoms with Crippen LogP contribution in [0.2, 0.25) is 0 Å². The SMILES string of the molecule is COc1ccc(C(=O)Nc2cccc(CN(CC(C)(C)CN)C(=O)c3ccc(C#N)cc3)c2)cc1OC. The molecule has 2 amide bonds. The van der Waals surface area contributed by atoms with Gasteiger partial charge in [0.2, 0.25) is 0 Å². The van der Waals surface area contributed by atoms with Gasteiger partial charge in [-0.05, 0) is 72.1 Å². The van der Waals surface area contributed by atoms with E-state index in [2.05, 4.69) is 11.4 Å². The van der Waals surface area contributed by atoms with Crippen LogP contribution in [0.4, 0.5) is 5.69 Å². The summed E-state index contributed by atoms with van der Waals surface area (Å²) >= 11 is 0. The molecule has 0 aromatic heterocycles. The Bertz CT molecular complexity index is 1300. The van der Waals surface area contributed by atoms with E-state index in [0.717, 1.165) is 5.56 Å². The zero-order chi connectivity index (χ0) is 27.0. The predicted molar refractivity (Wildman–Crippen MR) is 143 cm³/mol. The largest absolute Gasteiger partial charge is 0.493 e. The molecule has 8 nitrogen and oxygen atoms in total. The number of anilines is 1. The number of benzene rings is 3. The minimum absolute atomic E-state index is 0.161. The Morgan fingerprint density at radius 1 is 0.973 bits per heavy atom. The average molecular weight is 501 g/mol. The summed E-state index contributed by atoms with van der Waals surface area (Å²) < 4.78 is 10.5. The van der Waals surface area contributed by atoms with Crippen molar-refractivity contribution in [2.45, 2.75) is 20.4 Å². The zero-order valence-electron chi connectivity index (χ0n) is 21.6. The molecule has 0 saturated heterocycles. The molecule has 192 valence electrons. The van der Waals surface area contributed by atoms with Gasteiger partial charge in [-0.2, -0.15) is 5.26 Å². The summed E-state index contributed by atoms with van der Waals surface area (Å²) in [6.07, 6.45) is 0. The topological polar surface area (TPSA) is 118 Å². The molecule has 3 aromatic rings. The van der Waals surface area contributed by atoms with Crippen molar-refractivity contribution in [1.29, 1.82) is 5.26 Å². The lowest BCUT2D eigenvalue weighted by Gasteiger charge is -2.32. The van der Waals surface area contributed by atoms with Gasteiger partial charge in [-0.1, -0.05) is 26.0 Å². The first kappa shape index (κ1) is 27.2. The van der Waals surface area contributed by atoms with Crippen molar-refractivity contribution in [3.05, 3.63) is 89.0 Å². The van der Waals surface area contributed by atoms with E-state index in [0.29, 0.717) is 53.5 Å². The lowest BCUT2D eigenvalue weighted by Crippen LogP contribution is -2.41. The molecule has 0 fully saturated rings. The summed E-state index contributed by atoms with van der Waals surface area (Å²) in [5, 5.41) is 12.0. The molecule has 0 bridgehead atoms. The molecular formula is C29H32N4O4. The maximum absolute atomic E-state index is 13.4. The first-order chi connectivity index (χ1) is 17.7. The van der Waals surface area contributed by atoms with Gasteiger partial charge in [0, 0.05) is 29.9 Å². The third-order valence-corrected chi connectivity index (χ3v) is 5.92. The van der Waals surface area contributed by atoms with Crippen LogP contribution in [0.5, 0.6) is 11.5 Å². The Kier molecular flexibility index (Phi) is 8.88. The van der Waals surface area contributed by atoms with Crippen molar-refractivity contribution in [1.82, 2.24) is 4.90 Å². The van der Waals surface area contributed by atoms with Crippen LogP contribution in [0.25, 0.3) is 0 Å². The zero-order valence-corrected chi connectivity index (χ0v) is 21.6. The number of carbonyl (C=O) groups is 2. The van der Waals surface area contributed by atoms with Crippen molar-refractivity contribution < 1.29 is 19.1 Å². The van der Waals surface area contributed by atoms with Crippen LogP contribution in [-0.4, -0.2) is 44.0 Å². The molecule has 37 heavy (non-hydrogen) atoms. The van der Waals surface area contributed by atoms with Gasteiger partial charge in [0.05, 0.1) is 25.9 Å². The average Bonchev–Trinajstić information content (AvgIpc) is 2.92. The Morgan fingerprint density at radius 3 is 2.27 bits per heavy atom. The normalized spacial score (nSPS) is 10.8. The number of nitriles is 1. The van der Waals surface area contributed by atoms with Crippen LogP contribution in [0.3, 0.4) is 0 Å². The van der Waals surface area contributed by atoms with E-state index in [1.54, 1.807) is 53.4 Å². The molecule has 0 aliphatic carbocycles. The molecule has 0 aliphatic heterocycles. The second-order valence-electron chi connectivity index (χ2n) is 9.44. The first-order valence-corrected chi connectivity index (χ1v) is 11.8. The number of nitrogens with two attached hydrogens (primary N) is 1. The number of rotatable bonds is 10. The summed E-state index contributed by atoms with van der Waals surface area (Å²) in [6.45, 7) is 5.18. The fraction of sp³-hybridized carbons (Fsp3) is 0.276. The molecule has 0 saturated carbocycles. The highest BCUT2D eigenvalue weighted by molar-refractivity contribution is 6.04. The van der Waals surface area contributed by atoms with E-state index in [1.807, 2.05) is 32.0 Å². The summed E-state index contributed by atoms with van der Waals surface area (Å²) in [7, 11) is 3.05. The number of nitrogens with zero attached hydrogens (tertiary/aromatic N) is 2. The Morgan fingerprint density at radius 2 is 1.65 bits per heavy atom. The van der Waals surface area contributed by atoms with Gasteiger partial charge < -0.3 is 25.4 Å². The summed E-state index contributed by atoms with van der Waals surface area (Å²) in [5.74, 6) is 0.538. The minimum atomic E-state index is -0.304. The molecule has 0 aliphatic rings. The lowest BCUT2D eigenvalue weighted by molar-refractivity contribution is 0.0673. The summed E-state index contributed by atoms with van der Waals surface area (Å²) in [4.78, 5) is 28.0. The highest BCUT2D eigenvalue weighted by atomic mass is 16.5. The van der Waals surface area contributed by atoms with Gasteiger partial charge in [0.15, 0.2) is 11.5 Å². The van der Waals surface area contributed by atoms with Crippen LogP contribution in [0, 0.1) is 16.7 Å². The second kappa shape index (κ2) is 12.1. The summed E-state index contributed by atoms with van der Waals surface area (Å²) in [5.41, 5.74) is 8.50. The standard InChI is InChI=1S/C29H32N4O4/c1-29(2,18-31)19-33(28(35)22-10-8-20(16-30)9-11-22)17-21-6-5-7-24(14-21)32-27(34)23-12-13-25(36-3)26(15-23)37-4/h5-15H,17-19,31H2,1-4H3,(H,32,34). The van der Waals surface area contributed by atoms with Crippen LogP contribution in [0.1, 0.15) is 45.7 Å². The predicted octanol–water partition coefficient (Wildman–Crippen LogP) is 4.46. The van der Waals surface area contributed by atoms with Crippen LogP contribution >= 0.6 is 0 Å². The van der Waals surface area contributed by atoms with Gasteiger partial charge in [-0.25, -0.2) is 0 Å². The van der Waals surface area contributed by atoms with Crippen molar-refractivity contribution >= 4 is 17.5 Å².